The molecular formula is C21H30F3N5. The summed E-state index contributed by atoms with van der Waals surface area (Å²) >= 11 is 0. The van der Waals surface area contributed by atoms with E-state index in [-0.39, 0.29) is 12.0 Å². The Labute approximate surface area is 170 Å². The maximum Gasteiger partial charge on any atom is 0.416 e. The van der Waals surface area contributed by atoms with Crippen molar-refractivity contribution in [2.24, 2.45) is 4.99 Å². The van der Waals surface area contributed by atoms with Gasteiger partial charge in [0.15, 0.2) is 11.3 Å². The second-order valence-corrected chi connectivity index (χ2v) is 7.07. The van der Waals surface area contributed by atoms with E-state index in [1.807, 2.05) is 49.7 Å². The Hall–Kier alpha value is -2.35. The first-order valence-corrected chi connectivity index (χ1v) is 9.79. The van der Waals surface area contributed by atoms with Crippen molar-refractivity contribution in [3.05, 3.63) is 34.8 Å². The second-order valence-electron chi connectivity index (χ2n) is 7.07. The van der Waals surface area contributed by atoms with Crippen molar-refractivity contribution >= 4 is 23.1 Å². The number of fused-ring (bicyclic) bond motifs is 1. The van der Waals surface area contributed by atoms with Gasteiger partial charge in [0.2, 0.25) is 0 Å². The minimum atomic E-state index is -4.42. The highest BCUT2D eigenvalue weighted by atomic mass is 19.4. The van der Waals surface area contributed by atoms with Crippen LogP contribution in [0.1, 0.15) is 31.9 Å². The van der Waals surface area contributed by atoms with Gasteiger partial charge in [-0.2, -0.15) is 13.2 Å². The highest BCUT2D eigenvalue weighted by molar-refractivity contribution is 5.80. The van der Waals surface area contributed by atoms with Gasteiger partial charge in [-0.25, -0.2) is 4.98 Å². The number of allylic oxidation sites excluding steroid dienone is 1. The normalized spacial score (nSPS) is 13.2. The van der Waals surface area contributed by atoms with Crippen molar-refractivity contribution in [3.63, 3.8) is 0 Å². The van der Waals surface area contributed by atoms with E-state index < -0.39 is 11.7 Å². The van der Waals surface area contributed by atoms with Gasteiger partial charge in [0.1, 0.15) is 0 Å². The molecule has 0 amide bonds. The predicted octanol–water partition coefficient (Wildman–Crippen LogP) is 4.03. The first kappa shape index (κ1) is 22.9. The largest absolute Gasteiger partial charge is 0.416 e. The van der Waals surface area contributed by atoms with Crippen LogP contribution in [0.15, 0.2) is 23.2 Å². The molecule has 2 aromatic rings. The molecule has 0 saturated heterocycles. The molecule has 160 valence electrons. The molecule has 29 heavy (non-hydrogen) atoms. The molecule has 0 aliphatic heterocycles. The Bertz CT molecular complexity index is 942. The fourth-order valence-corrected chi connectivity index (χ4v) is 3.30. The Morgan fingerprint density at radius 2 is 1.86 bits per heavy atom. The van der Waals surface area contributed by atoms with Crippen LogP contribution in [-0.4, -0.2) is 55.2 Å². The summed E-state index contributed by atoms with van der Waals surface area (Å²) in [6.07, 6.45) is -0.472. The van der Waals surface area contributed by atoms with Crippen LogP contribution < -0.4 is 10.4 Å². The maximum absolute atomic E-state index is 13.6. The number of rotatable bonds is 7. The molecular weight excluding hydrogens is 379 g/mol. The van der Waals surface area contributed by atoms with Gasteiger partial charge >= 0.3 is 6.18 Å². The summed E-state index contributed by atoms with van der Waals surface area (Å²) in [4.78, 5) is 13.2. The molecule has 0 spiro atoms. The number of likely N-dealkylation sites (N-methyl/N-ethyl adjacent to an activating group) is 2. The van der Waals surface area contributed by atoms with E-state index in [0.29, 0.717) is 35.4 Å². The molecule has 2 rings (SSSR count). The zero-order valence-electron chi connectivity index (χ0n) is 18.0. The van der Waals surface area contributed by atoms with E-state index in [0.717, 1.165) is 12.6 Å². The van der Waals surface area contributed by atoms with E-state index >= 15 is 0 Å². The molecule has 1 aromatic heterocycles. The van der Waals surface area contributed by atoms with Gasteiger partial charge in [-0.1, -0.05) is 13.0 Å². The number of hydrogen-bond acceptors (Lipinski definition) is 4. The van der Waals surface area contributed by atoms with Crippen molar-refractivity contribution in [2.45, 2.75) is 33.4 Å². The molecule has 0 atom stereocenters. The summed E-state index contributed by atoms with van der Waals surface area (Å²) in [6.45, 7) is 7.75. The third-order valence-corrected chi connectivity index (χ3v) is 4.81. The van der Waals surface area contributed by atoms with Gasteiger partial charge < -0.3 is 9.80 Å². The molecule has 0 bridgehead atoms. The lowest BCUT2D eigenvalue weighted by Crippen LogP contribution is -2.37. The lowest BCUT2D eigenvalue weighted by Gasteiger charge is -2.25. The SMILES string of the molecule is C/C=C\n1c(=NC)c(N(CC)CCN(C)C)nc2cc(C(F)(F)F)c(CC)cc21. The number of nitrogens with zero attached hydrogens (tertiary/aromatic N) is 5. The maximum atomic E-state index is 13.6. The topological polar surface area (TPSA) is 36.7 Å². The number of halogens is 3. The van der Waals surface area contributed by atoms with Crippen LogP contribution in [0.3, 0.4) is 0 Å². The number of aromatic nitrogens is 2. The van der Waals surface area contributed by atoms with Crippen molar-refractivity contribution in [1.29, 1.82) is 0 Å². The van der Waals surface area contributed by atoms with Gasteiger partial charge in [-0.15, -0.1) is 0 Å². The van der Waals surface area contributed by atoms with Crippen LogP contribution in [0.4, 0.5) is 19.0 Å². The predicted molar refractivity (Wildman–Crippen MR) is 113 cm³/mol. The summed E-state index contributed by atoms with van der Waals surface area (Å²) in [5.74, 6) is 0.583. The van der Waals surface area contributed by atoms with Crippen molar-refractivity contribution < 1.29 is 13.2 Å². The van der Waals surface area contributed by atoms with Crippen LogP contribution >= 0.6 is 0 Å². The number of anilines is 1. The van der Waals surface area contributed by atoms with Gasteiger partial charge in [0, 0.05) is 32.9 Å². The lowest BCUT2D eigenvalue weighted by molar-refractivity contribution is -0.138. The summed E-state index contributed by atoms with van der Waals surface area (Å²) in [6, 6.07) is 2.75. The summed E-state index contributed by atoms with van der Waals surface area (Å²) in [5.41, 5.74) is 1.16. The number of benzene rings is 1. The summed E-state index contributed by atoms with van der Waals surface area (Å²) < 4.78 is 42.7. The zero-order chi connectivity index (χ0) is 21.8. The minimum absolute atomic E-state index is 0.250. The van der Waals surface area contributed by atoms with E-state index in [1.165, 1.54) is 0 Å². The molecule has 5 nitrogen and oxygen atoms in total. The Morgan fingerprint density at radius 1 is 1.17 bits per heavy atom. The van der Waals surface area contributed by atoms with E-state index in [1.54, 1.807) is 20.0 Å². The van der Waals surface area contributed by atoms with Gasteiger partial charge in [0.25, 0.3) is 0 Å². The van der Waals surface area contributed by atoms with Crippen molar-refractivity contribution in [1.82, 2.24) is 14.5 Å². The highest BCUT2D eigenvalue weighted by Crippen LogP contribution is 2.34. The van der Waals surface area contributed by atoms with Gasteiger partial charge in [-0.3, -0.25) is 9.56 Å². The molecule has 8 heteroatoms. The average Bonchev–Trinajstić information content (AvgIpc) is 2.66. The molecule has 0 aliphatic rings. The number of hydrogen-bond donors (Lipinski definition) is 0. The third kappa shape index (κ3) is 4.98. The van der Waals surface area contributed by atoms with E-state index in [2.05, 4.69) is 14.9 Å². The molecule has 0 fully saturated rings. The fourth-order valence-electron chi connectivity index (χ4n) is 3.30. The first-order chi connectivity index (χ1) is 13.7. The smallest absolute Gasteiger partial charge is 0.353 e. The molecule has 1 heterocycles. The Morgan fingerprint density at radius 3 is 2.34 bits per heavy atom. The molecule has 0 radical (unpaired) electrons. The second kappa shape index (κ2) is 9.43. The molecule has 0 N–H and O–H groups in total. The molecule has 0 aliphatic carbocycles. The molecule has 1 aromatic carbocycles. The number of alkyl halides is 3. The van der Waals surface area contributed by atoms with Gasteiger partial charge in [0.05, 0.1) is 16.6 Å². The van der Waals surface area contributed by atoms with Crippen molar-refractivity contribution in [3.8, 4) is 0 Å². The van der Waals surface area contributed by atoms with Crippen LogP contribution in [0.25, 0.3) is 17.2 Å². The Kier molecular flexibility index (Phi) is 7.46. The minimum Gasteiger partial charge on any atom is -0.353 e. The van der Waals surface area contributed by atoms with E-state index in [9.17, 15) is 13.2 Å². The third-order valence-electron chi connectivity index (χ3n) is 4.81. The average molecular weight is 410 g/mol. The standard InChI is InChI=1S/C21H30F3N5/c1-7-10-29-18-13-15(8-2)16(21(22,23)24)14-17(18)26-20(19(29)25-4)28(9-3)12-11-27(5)6/h7,10,13-14H,8-9,11-12H2,1-6H3/b10-7-,25-19?. The molecule has 0 saturated carbocycles. The van der Waals surface area contributed by atoms with Crippen LogP contribution in [0, 0.1) is 0 Å². The monoisotopic (exact) mass is 409 g/mol. The van der Waals surface area contributed by atoms with Crippen LogP contribution in [0.5, 0.6) is 0 Å². The summed E-state index contributed by atoms with van der Waals surface area (Å²) in [5, 5.41) is 0. The summed E-state index contributed by atoms with van der Waals surface area (Å²) in [7, 11) is 5.64. The van der Waals surface area contributed by atoms with Crippen molar-refractivity contribution in [2.75, 3.05) is 45.7 Å². The Balaban J connectivity index is 2.88. The lowest BCUT2D eigenvalue weighted by atomic mass is 10.0. The van der Waals surface area contributed by atoms with Crippen LogP contribution in [0.2, 0.25) is 0 Å². The quantitative estimate of drug-likeness (QED) is 0.693. The molecule has 0 unspecified atom stereocenters. The first-order valence-electron chi connectivity index (χ1n) is 9.79. The van der Waals surface area contributed by atoms with Crippen LogP contribution in [-0.2, 0) is 12.6 Å². The van der Waals surface area contributed by atoms with E-state index in [4.69, 9.17) is 0 Å². The van der Waals surface area contributed by atoms with Gasteiger partial charge in [-0.05, 0) is 52.1 Å². The zero-order valence-corrected chi connectivity index (χ0v) is 18.0. The highest BCUT2D eigenvalue weighted by Gasteiger charge is 2.33. The number of aryl methyl sites for hydroxylation is 1. The fraction of sp³-hybridized carbons (Fsp3) is 0.524.